The lowest BCUT2D eigenvalue weighted by Gasteiger charge is -2.01. The molecular formula is C10H9ClN4O2S. The summed E-state index contributed by atoms with van der Waals surface area (Å²) in [5.74, 6) is 0. The third kappa shape index (κ3) is 2.33. The van der Waals surface area contributed by atoms with Gasteiger partial charge in [-0.3, -0.25) is 10.1 Å². The van der Waals surface area contributed by atoms with E-state index in [9.17, 15) is 10.1 Å². The second kappa shape index (κ2) is 4.97. The summed E-state index contributed by atoms with van der Waals surface area (Å²) >= 11 is 7.20. The summed E-state index contributed by atoms with van der Waals surface area (Å²) in [4.78, 5) is 10.5. The minimum absolute atomic E-state index is 0.0881. The Bertz CT molecular complexity index is 599. The Labute approximate surface area is 112 Å². The zero-order chi connectivity index (χ0) is 13.3. The summed E-state index contributed by atoms with van der Waals surface area (Å²) in [6.45, 7) is 1.77. The summed E-state index contributed by atoms with van der Waals surface area (Å²) in [6.07, 6.45) is 0. The van der Waals surface area contributed by atoms with Gasteiger partial charge in [-0.05, 0) is 13.0 Å². The third-order valence-corrected chi connectivity index (χ3v) is 3.69. The summed E-state index contributed by atoms with van der Waals surface area (Å²) < 4.78 is 0. The number of rotatable bonds is 3. The van der Waals surface area contributed by atoms with Gasteiger partial charge in [0.15, 0.2) is 5.01 Å². The molecule has 94 valence electrons. The molecule has 2 rings (SSSR count). The lowest BCUT2D eigenvalue weighted by atomic mass is 10.2. The zero-order valence-corrected chi connectivity index (χ0v) is 10.9. The van der Waals surface area contributed by atoms with Gasteiger partial charge < -0.3 is 5.73 Å². The van der Waals surface area contributed by atoms with Crippen LogP contribution in [0.5, 0.6) is 0 Å². The van der Waals surface area contributed by atoms with Crippen molar-refractivity contribution < 1.29 is 4.92 Å². The molecule has 2 aromatic rings. The average Bonchev–Trinajstić information content (AvgIpc) is 2.77. The van der Waals surface area contributed by atoms with Crippen molar-refractivity contribution in [3.8, 4) is 10.6 Å². The molecule has 0 radical (unpaired) electrons. The van der Waals surface area contributed by atoms with Crippen LogP contribution in [-0.2, 0) is 0 Å². The van der Waals surface area contributed by atoms with E-state index < -0.39 is 4.92 Å². The van der Waals surface area contributed by atoms with Crippen LogP contribution in [0.1, 0.15) is 18.0 Å². The highest BCUT2D eigenvalue weighted by molar-refractivity contribution is 7.14. The van der Waals surface area contributed by atoms with Crippen molar-refractivity contribution in [3.05, 3.63) is 38.3 Å². The van der Waals surface area contributed by atoms with Gasteiger partial charge in [-0.2, -0.15) is 0 Å². The van der Waals surface area contributed by atoms with E-state index in [1.54, 1.807) is 13.0 Å². The van der Waals surface area contributed by atoms with Crippen molar-refractivity contribution in [2.75, 3.05) is 0 Å². The molecule has 0 aliphatic rings. The lowest BCUT2D eigenvalue weighted by molar-refractivity contribution is -0.384. The number of halogens is 1. The van der Waals surface area contributed by atoms with Crippen molar-refractivity contribution in [2.24, 2.45) is 5.73 Å². The molecule has 1 aromatic carbocycles. The molecule has 0 aliphatic heterocycles. The number of benzene rings is 1. The third-order valence-electron chi connectivity index (χ3n) is 2.23. The van der Waals surface area contributed by atoms with Crippen LogP contribution in [0.25, 0.3) is 10.6 Å². The molecule has 1 unspecified atom stereocenters. The maximum absolute atomic E-state index is 11.0. The first-order chi connectivity index (χ1) is 8.50. The highest BCUT2D eigenvalue weighted by Gasteiger charge is 2.22. The Morgan fingerprint density at radius 2 is 2.22 bits per heavy atom. The van der Waals surface area contributed by atoms with Crippen molar-refractivity contribution >= 4 is 28.6 Å². The van der Waals surface area contributed by atoms with Gasteiger partial charge in [0.25, 0.3) is 5.69 Å². The van der Waals surface area contributed by atoms with Crippen LogP contribution in [0, 0.1) is 10.1 Å². The molecule has 1 atom stereocenters. The second-order valence-electron chi connectivity index (χ2n) is 3.63. The molecule has 0 saturated carbocycles. The standard InChI is InChI=1S/C10H9ClN4O2S/c1-5(12)9-13-14-10(18-9)8-6(11)3-2-4-7(8)15(16)17/h2-5H,12H2,1H3. The number of aromatic nitrogens is 2. The van der Waals surface area contributed by atoms with Gasteiger partial charge in [-0.1, -0.05) is 29.0 Å². The minimum Gasteiger partial charge on any atom is -0.322 e. The Morgan fingerprint density at radius 3 is 2.78 bits per heavy atom. The van der Waals surface area contributed by atoms with Gasteiger partial charge in [-0.15, -0.1) is 10.2 Å². The molecule has 2 N–H and O–H groups in total. The Balaban J connectivity index is 2.58. The van der Waals surface area contributed by atoms with Crippen molar-refractivity contribution in [3.63, 3.8) is 0 Å². The molecule has 8 heteroatoms. The molecule has 0 aliphatic carbocycles. The number of nitrogens with two attached hydrogens (primary N) is 1. The van der Waals surface area contributed by atoms with E-state index in [0.29, 0.717) is 10.0 Å². The number of nitrogens with zero attached hydrogens (tertiary/aromatic N) is 3. The van der Waals surface area contributed by atoms with Gasteiger partial charge in [-0.25, -0.2) is 0 Å². The number of hydrogen-bond acceptors (Lipinski definition) is 6. The van der Waals surface area contributed by atoms with E-state index in [-0.39, 0.29) is 22.3 Å². The predicted molar refractivity (Wildman–Crippen MR) is 69.6 cm³/mol. The van der Waals surface area contributed by atoms with Crippen LogP contribution >= 0.6 is 22.9 Å². The van der Waals surface area contributed by atoms with Crippen LogP contribution in [0.2, 0.25) is 5.02 Å². The number of nitro groups is 1. The van der Waals surface area contributed by atoms with Gasteiger partial charge in [0.1, 0.15) is 10.6 Å². The molecule has 6 nitrogen and oxygen atoms in total. The van der Waals surface area contributed by atoms with E-state index in [1.165, 1.54) is 23.5 Å². The van der Waals surface area contributed by atoms with Crippen molar-refractivity contribution in [1.82, 2.24) is 10.2 Å². The van der Waals surface area contributed by atoms with Crippen LogP contribution in [0.3, 0.4) is 0 Å². The van der Waals surface area contributed by atoms with Crippen LogP contribution in [0.15, 0.2) is 18.2 Å². The highest BCUT2D eigenvalue weighted by Crippen LogP contribution is 2.38. The molecule has 1 heterocycles. The van der Waals surface area contributed by atoms with E-state index >= 15 is 0 Å². The van der Waals surface area contributed by atoms with E-state index in [1.807, 2.05) is 0 Å². The molecule has 1 aromatic heterocycles. The molecule has 0 bridgehead atoms. The van der Waals surface area contributed by atoms with Gasteiger partial charge in [0, 0.05) is 6.07 Å². The van der Waals surface area contributed by atoms with Crippen LogP contribution in [0.4, 0.5) is 5.69 Å². The summed E-state index contributed by atoms with van der Waals surface area (Å²) in [5.41, 5.74) is 5.88. The van der Waals surface area contributed by atoms with E-state index in [2.05, 4.69) is 10.2 Å². The fraction of sp³-hybridized carbons (Fsp3) is 0.200. The quantitative estimate of drug-likeness (QED) is 0.691. The molecule has 18 heavy (non-hydrogen) atoms. The first kappa shape index (κ1) is 12.9. The number of nitro benzene ring substituents is 1. The predicted octanol–water partition coefficient (Wildman–Crippen LogP) is 2.79. The van der Waals surface area contributed by atoms with Crippen molar-refractivity contribution in [2.45, 2.75) is 13.0 Å². The van der Waals surface area contributed by atoms with Crippen LogP contribution in [-0.4, -0.2) is 15.1 Å². The first-order valence-corrected chi connectivity index (χ1v) is 6.22. The lowest BCUT2D eigenvalue weighted by Crippen LogP contribution is -2.03. The van der Waals surface area contributed by atoms with Gasteiger partial charge >= 0.3 is 0 Å². The molecule has 0 fully saturated rings. The monoisotopic (exact) mass is 284 g/mol. The maximum Gasteiger partial charge on any atom is 0.281 e. The average molecular weight is 285 g/mol. The summed E-state index contributed by atoms with van der Waals surface area (Å²) in [7, 11) is 0. The largest absolute Gasteiger partial charge is 0.322 e. The summed E-state index contributed by atoms with van der Waals surface area (Å²) in [6, 6.07) is 4.22. The van der Waals surface area contributed by atoms with Gasteiger partial charge in [0.2, 0.25) is 0 Å². The first-order valence-electron chi connectivity index (χ1n) is 5.03. The fourth-order valence-electron chi connectivity index (χ4n) is 1.40. The smallest absolute Gasteiger partial charge is 0.281 e. The fourth-order valence-corrected chi connectivity index (χ4v) is 2.58. The topological polar surface area (TPSA) is 94.9 Å². The van der Waals surface area contributed by atoms with E-state index in [0.717, 1.165) is 0 Å². The molecular weight excluding hydrogens is 276 g/mol. The highest BCUT2D eigenvalue weighted by atomic mass is 35.5. The minimum atomic E-state index is -0.492. The summed E-state index contributed by atoms with van der Waals surface area (Å²) in [5, 5.41) is 20.1. The van der Waals surface area contributed by atoms with Crippen molar-refractivity contribution in [1.29, 1.82) is 0 Å². The Kier molecular flexibility index (Phi) is 3.55. The number of hydrogen-bond donors (Lipinski definition) is 1. The molecule has 0 spiro atoms. The van der Waals surface area contributed by atoms with Crippen LogP contribution < -0.4 is 5.73 Å². The molecule has 0 saturated heterocycles. The van der Waals surface area contributed by atoms with Gasteiger partial charge in [0.05, 0.1) is 16.0 Å². The Hall–Kier alpha value is -1.57. The SMILES string of the molecule is CC(N)c1nnc(-c2c(Cl)cccc2[N+](=O)[O-])s1. The zero-order valence-electron chi connectivity index (χ0n) is 9.33. The normalized spacial score (nSPS) is 12.4. The Morgan fingerprint density at radius 1 is 1.50 bits per heavy atom. The second-order valence-corrected chi connectivity index (χ2v) is 5.04. The molecule has 0 amide bonds. The maximum atomic E-state index is 11.0. The van der Waals surface area contributed by atoms with E-state index in [4.69, 9.17) is 17.3 Å².